The highest BCUT2D eigenvalue weighted by Gasteiger charge is 2.34. The van der Waals surface area contributed by atoms with E-state index in [1.54, 1.807) is 13.3 Å². The van der Waals surface area contributed by atoms with Crippen LogP contribution in [0.25, 0.3) is 0 Å². The minimum absolute atomic E-state index is 0.151. The Morgan fingerprint density at radius 1 is 1.27 bits per heavy atom. The smallest absolute Gasteiger partial charge is 0.239 e. The van der Waals surface area contributed by atoms with E-state index in [-0.39, 0.29) is 11.9 Å². The molecular weight excluding hydrogens is 350 g/mol. The predicted octanol–water partition coefficient (Wildman–Crippen LogP) is 3.69. The van der Waals surface area contributed by atoms with Crippen LogP contribution in [0.15, 0.2) is 28.4 Å². The van der Waals surface area contributed by atoms with Crippen LogP contribution in [-0.4, -0.2) is 47.7 Å². The fourth-order valence-electron chi connectivity index (χ4n) is 3.33. The van der Waals surface area contributed by atoms with Gasteiger partial charge >= 0.3 is 0 Å². The summed E-state index contributed by atoms with van der Waals surface area (Å²) in [4.78, 5) is 14.1. The van der Waals surface area contributed by atoms with Gasteiger partial charge in [0.15, 0.2) is 16.7 Å². The molecule has 1 aliphatic heterocycles. The van der Waals surface area contributed by atoms with E-state index >= 15 is 0 Å². The van der Waals surface area contributed by atoms with E-state index in [2.05, 4.69) is 10.2 Å². The zero-order valence-electron chi connectivity index (χ0n) is 15.3. The van der Waals surface area contributed by atoms with Gasteiger partial charge in [-0.2, -0.15) is 5.10 Å². The number of thioether (sulfide) groups is 1. The Bertz CT molecular complexity index is 699. The lowest BCUT2D eigenvalue weighted by Crippen LogP contribution is -2.40. The van der Waals surface area contributed by atoms with Crippen molar-refractivity contribution in [3.05, 3.63) is 23.8 Å². The average molecular weight is 375 g/mol. The van der Waals surface area contributed by atoms with Crippen molar-refractivity contribution in [2.75, 3.05) is 19.5 Å². The number of amidine groups is 1. The first-order valence-electron chi connectivity index (χ1n) is 9.09. The second kappa shape index (κ2) is 9.07. The third-order valence-electron chi connectivity index (χ3n) is 4.58. The molecule has 1 heterocycles. The molecule has 1 amide bonds. The lowest BCUT2D eigenvalue weighted by molar-refractivity contribution is -0.126. The molecule has 1 aromatic carbocycles. The number of nitrogens with zero attached hydrogens (tertiary/aromatic N) is 3. The monoisotopic (exact) mass is 375 g/mol. The summed E-state index contributed by atoms with van der Waals surface area (Å²) in [5.74, 6) is 1.98. The second-order valence-electron chi connectivity index (χ2n) is 6.31. The maximum atomic E-state index is 12.2. The van der Waals surface area contributed by atoms with E-state index in [9.17, 15) is 4.79 Å². The zero-order chi connectivity index (χ0) is 18.4. The van der Waals surface area contributed by atoms with Crippen molar-refractivity contribution in [1.29, 1.82) is 0 Å². The number of ether oxygens (including phenoxy) is 2. The van der Waals surface area contributed by atoms with Crippen molar-refractivity contribution in [1.82, 2.24) is 4.90 Å². The van der Waals surface area contributed by atoms with Crippen LogP contribution in [0.2, 0.25) is 0 Å². The van der Waals surface area contributed by atoms with Gasteiger partial charge in [-0.25, -0.2) is 0 Å². The molecule has 1 saturated heterocycles. The number of hydrogen-bond donors (Lipinski definition) is 0. The number of methoxy groups -OCH3 is 1. The van der Waals surface area contributed by atoms with Crippen LogP contribution in [0.3, 0.4) is 0 Å². The van der Waals surface area contributed by atoms with Crippen LogP contribution >= 0.6 is 11.8 Å². The highest BCUT2D eigenvalue weighted by molar-refractivity contribution is 8.15. The van der Waals surface area contributed by atoms with E-state index in [1.165, 1.54) is 31.0 Å². The summed E-state index contributed by atoms with van der Waals surface area (Å²) in [6.45, 7) is 2.52. The van der Waals surface area contributed by atoms with Crippen LogP contribution < -0.4 is 9.47 Å². The van der Waals surface area contributed by atoms with E-state index in [0.717, 1.165) is 23.6 Å². The quantitative estimate of drug-likeness (QED) is 0.562. The number of amides is 1. The minimum atomic E-state index is 0.151. The first kappa shape index (κ1) is 18.8. The van der Waals surface area contributed by atoms with Gasteiger partial charge in [-0.05, 0) is 43.5 Å². The van der Waals surface area contributed by atoms with Gasteiger partial charge in [-0.1, -0.05) is 31.0 Å². The van der Waals surface area contributed by atoms with Crippen molar-refractivity contribution in [2.45, 2.75) is 45.1 Å². The molecule has 0 atom stereocenters. The molecule has 6 nitrogen and oxygen atoms in total. The lowest BCUT2D eigenvalue weighted by atomic mass is 9.94. The molecule has 1 aromatic rings. The van der Waals surface area contributed by atoms with Gasteiger partial charge in [0, 0.05) is 6.04 Å². The molecule has 0 aromatic heterocycles. The fourth-order valence-corrected chi connectivity index (χ4v) is 4.22. The molecule has 0 spiro atoms. The number of benzene rings is 1. The van der Waals surface area contributed by atoms with E-state index in [4.69, 9.17) is 9.47 Å². The standard InChI is InChI=1S/C19H25N3O3S/c1-3-25-16-10-9-14(11-17(16)24-2)12-20-21-19-22(18(23)13-26-19)15-7-5-4-6-8-15/h9-12,15H,3-8,13H2,1-2H3/b20-12+,21-19-. The molecule has 2 aliphatic rings. The van der Waals surface area contributed by atoms with Crippen LogP contribution in [0.4, 0.5) is 0 Å². The van der Waals surface area contributed by atoms with Crippen LogP contribution in [0, 0.1) is 0 Å². The molecule has 140 valence electrons. The summed E-state index contributed by atoms with van der Waals surface area (Å²) in [6.07, 6.45) is 7.42. The van der Waals surface area contributed by atoms with Crippen molar-refractivity contribution in [3.63, 3.8) is 0 Å². The topological polar surface area (TPSA) is 63.5 Å². The van der Waals surface area contributed by atoms with E-state index in [0.29, 0.717) is 23.9 Å². The Morgan fingerprint density at radius 2 is 2.08 bits per heavy atom. The number of carbonyl (C=O) groups is 1. The van der Waals surface area contributed by atoms with Crippen molar-refractivity contribution in [2.24, 2.45) is 10.2 Å². The molecule has 3 rings (SSSR count). The first-order valence-corrected chi connectivity index (χ1v) is 10.1. The maximum Gasteiger partial charge on any atom is 0.239 e. The molecule has 2 fully saturated rings. The Labute approximate surface area is 158 Å². The van der Waals surface area contributed by atoms with Crippen molar-refractivity contribution < 1.29 is 14.3 Å². The molecule has 26 heavy (non-hydrogen) atoms. The van der Waals surface area contributed by atoms with Crippen LogP contribution in [0.1, 0.15) is 44.6 Å². The highest BCUT2D eigenvalue weighted by Crippen LogP contribution is 2.30. The molecule has 0 N–H and O–H groups in total. The van der Waals surface area contributed by atoms with Crippen molar-refractivity contribution >= 4 is 29.1 Å². The Kier molecular flexibility index (Phi) is 6.55. The van der Waals surface area contributed by atoms with Gasteiger partial charge in [-0.15, -0.1) is 5.10 Å². The summed E-state index contributed by atoms with van der Waals surface area (Å²) in [6, 6.07) is 5.91. The SMILES string of the molecule is CCOc1ccc(/C=N/N=C2\SCC(=O)N2C2CCCCC2)cc1OC. The third kappa shape index (κ3) is 4.38. The Hall–Kier alpha value is -2.02. The van der Waals surface area contributed by atoms with E-state index < -0.39 is 0 Å². The number of carbonyl (C=O) groups excluding carboxylic acids is 1. The first-order chi connectivity index (χ1) is 12.7. The summed E-state index contributed by atoms with van der Waals surface area (Å²) in [7, 11) is 1.61. The minimum Gasteiger partial charge on any atom is -0.493 e. The van der Waals surface area contributed by atoms with E-state index in [1.807, 2.05) is 30.0 Å². The lowest BCUT2D eigenvalue weighted by Gasteiger charge is -2.30. The molecule has 0 radical (unpaired) electrons. The van der Waals surface area contributed by atoms with Gasteiger partial charge in [0.2, 0.25) is 5.91 Å². The van der Waals surface area contributed by atoms with Gasteiger partial charge in [-0.3, -0.25) is 9.69 Å². The molecule has 7 heteroatoms. The fraction of sp³-hybridized carbons (Fsp3) is 0.526. The third-order valence-corrected chi connectivity index (χ3v) is 5.50. The second-order valence-corrected chi connectivity index (χ2v) is 7.26. The Morgan fingerprint density at radius 3 is 2.81 bits per heavy atom. The molecule has 0 bridgehead atoms. The van der Waals surface area contributed by atoms with Crippen LogP contribution in [-0.2, 0) is 4.79 Å². The summed E-state index contributed by atoms with van der Waals surface area (Å²) < 4.78 is 10.9. The predicted molar refractivity (Wildman–Crippen MR) is 105 cm³/mol. The normalized spacial score (nSPS) is 20.3. The number of rotatable bonds is 6. The van der Waals surface area contributed by atoms with Gasteiger partial charge in [0.25, 0.3) is 0 Å². The van der Waals surface area contributed by atoms with Crippen molar-refractivity contribution in [3.8, 4) is 11.5 Å². The molecular formula is C19H25N3O3S. The summed E-state index contributed by atoms with van der Waals surface area (Å²) in [5.41, 5.74) is 0.869. The zero-order valence-corrected chi connectivity index (χ0v) is 16.1. The number of hydrogen-bond acceptors (Lipinski definition) is 6. The average Bonchev–Trinajstić information content (AvgIpc) is 3.04. The Balaban J connectivity index is 1.72. The van der Waals surface area contributed by atoms with Gasteiger partial charge < -0.3 is 9.47 Å². The largest absolute Gasteiger partial charge is 0.493 e. The summed E-state index contributed by atoms with van der Waals surface area (Å²) in [5, 5.41) is 9.25. The van der Waals surface area contributed by atoms with Gasteiger partial charge in [0.05, 0.1) is 25.7 Å². The highest BCUT2D eigenvalue weighted by atomic mass is 32.2. The molecule has 1 aliphatic carbocycles. The molecule has 0 unspecified atom stereocenters. The summed E-state index contributed by atoms with van der Waals surface area (Å²) >= 11 is 1.47. The maximum absolute atomic E-state index is 12.2. The van der Waals surface area contributed by atoms with Gasteiger partial charge in [0.1, 0.15) is 0 Å². The van der Waals surface area contributed by atoms with Crippen LogP contribution in [0.5, 0.6) is 11.5 Å². The molecule has 1 saturated carbocycles.